The van der Waals surface area contributed by atoms with Crippen molar-refractivity contribution in [3.05, 3.63) is 106 Å². The molecular formula is C25H22ClFN2O2. The van der Waals surface area contributed by atoms with E-state index in [1.54, 1.807) is 35.2 Å². The molecule has 1 fully saturated rings. The topological polar surface area (TPSA) is 49.4 Å². The van der Waals surface area contributed by atoms with Gasteiger partial charge in [0.1, 0.15) is 5.82 Å². The summed E-state index contributed by atoms with van der Waals surface area (Å²) in [6, 6.07) is 22.6. The second kappa shape index (κ2) is 9.31. The van der Waals surface area contributed by atoms with Crippen molar-refractivity contribution in [3.63, 3.8) is 0 Å². The molecule has 31 heavy (non-hydrogen) atoms. The number of hydrogen-bond donors (Lipinski definition) is 1. The predicted octanol–water partition coefficient (Wildman–Crippen LogP) is 4.65. The molecule has 0 radical (unpaired) electrons. The maximum atomic E-state index is 13.9. The molecule has 1 aliphatic heterocycles. The van der Waals surface area contributed by atoms with Crippen LogP contribution < -0.4 is 5.32 Å². The number of hydrogen-bond acceptors (Lipinski definition) is 2. The lowest BCUT2D eigenvalue weighted by atomic mass is 9.88. The van der Waals surface area contributed by atoms with Gasteiger partial charge in [-0.25, -0.2) is 4.39 Å². The van der Waals surface area contributed by atoms with Crippen LogP contribution in [0.15, 0.2) is 78.9 Å². The van der Waals surface area contributed by atoms with Crippen LogP contribution in [0.5, 0.6) is 0 Å². The van der Waals surface area contributed by atoms with E-state index in [1.165, 1.54) is 12.1 Å². The van der Waals surface area contributed by atoms with Gasteiger partial charge in [-0.3, -0.25) is 9.59 Å². The molecule has 4 rings (SSSR count). The number of amides is 2. The first-order chi connectivity index (χ1) is 15.0. The number of rotatable bonds is 5. The fraction of sp³-hybridized carbons (Fsp3) is 0.200. The van der Waals surface area contributed by atoms with Crippen LogP contribution in [-0.2, 0) is 11.3 Å². The van der Waals surface area contributed by atoms with Gasteiger partial charge in [0.2, 0.25) is 5.91 Å². The van der Waals surface area contributed by atoms with Gasteiger partial charge in [0.05, 0.1) is 5.92 Å². The normalized spacial score (nSPS) is 18.1. The van der Waals surface area contributed by atoms with Crippen LogP contribution in [0.4, 0.5) is 4.39 Å². The van der Waals surface area contributed by atoms with Crippen molar-refractivity contribution in [1.82, 2.24) is 10.2 Å². The molecule has 4 nitrogen and oxygen atoms in total. The van der Waals surface area contributed by atoms with Crippen LogP contribution in [0.3, 0.4) is 0 Å². The van der Waals surface area contributed by atoms with Gasteiger partial charge in [-0.2, -0.15) is 0 Å². The number of nitrogens with one attached hydrogen (secondary N) is 1. The van der Waals surface area contributed by atoms with E-state index in [4.69, 9.17) is 11.6 Å². The van der Waals surface area contributed by atoms with Crippen molar-refractivity contribution in [3.8, 4) is 0 Å². The number of nitrogens with zero attached hydrogens (tertiary/aromatic N) is 1. The zero-order chi connectivity index (χ0) is 21.8. The molecule has 0 saturated carbocycles. The van der Waals surface area contributed by atoms with E-state index in [1.807, 2.05) is 36.4 Å². The quantitative estimate of drug-likeness (QED) is 0.632. The molecule has 0 aliphatic carbocycles. The lowest BCUT2D eigenvalue weighted by molar-refractivity contribution is -0.125. The summed E-state index contributed by atoms with van der Waals surface area (Å²) in [5.41, 5.74) is 2.21. The highest BCUT2D eigenvalue weighted by atomic mass is 35.5. The molecule has 1 aliphatic rings. The molecular weight excluding hydrogens is 415 g/mol. The lowest BCUT2D eigenvalue weighted by Crippen LogP contribution is -2.35. The van der Waals surface area contributed by atoms with Crippen molar-refractivity contribution in [1.29, 1.82) is 0 Å². The van der Waals surface area contributed by atoms with E-state index < -0.39 is 5.92 Å². The van der Waals surface area contributed by atoms with Crippen LogP contribution >= 0.6 is 11.6 Å². The standard InChI is InChI=1S/C25H22ClFN2O2/c26-20-11-9-18(10-12-20)25(31)29-15-22(19-7-4-8-21(27)13-19)23(16-29)24(30)28-14-17-5-2-1-3-6-17/h1-13,22-23H,14-16H2,(H,28,30)/t22-,23+/m1/s1. The Morgan fingerprint density at radius 2 is 1.71 bits per heavy atom. The summed E-state index contributed by atoms with van der Waals surface area (Å²) in [5, 5.41) is 3.52. The molecule has 158 valence electrons. The van der Waals surface area contributed by atoms with Crippen LogP contribution in [0.2, 0.25) is 5.02 Å². The van der Waals surface area contributed by atoms with E-state index >= 15 is 0 Å². The summed E-state index contributed by atoms with van der Waals surface area (Å²) in [7, 11) is 0. The average Bonchev–Trinajstić information content (AvgIpc) is 3.24. The monoisotopic (exact) mass is 436 g/mol. The Morgan fingerprint density at radius 1 is 0.968 bits per heavy atom. The molecule has 0 unspecified atom stereocenters. The SMILES string of the molecule is O=C(NCc1ccccc1)[C@H]1CN(C(=O)c2ccc(Cl)cc2)C[C@@H]1c1cccc(F)c1. The van der Waals surface area contributed by atoms with Crippen molar-refractivity contribution < 1.29 is 14.0 Å². The Bertz CT molecular complexity index is 1070. The largest absolute Gasteiger partial charge is 0.352 e. The Morgan fingerprint density at radius 3 is 2.42 bits per heavy atom. The fourth-order valence-corrected chi connectivity index (χ4v) is 4.13. The third-order valence-electron chi connectivity index (χ3n) is 5.62. The second-order valence-corrected chi connectivity index (χ2v) is 8.12. The third-order valence-corrected chi connectivity index (χ3v) is 5.87. The van der Waals surface area contributed by atoms with E-state index in [0.29, 0.717) is 29.2 Å². The molecule has 1 N–H and O–H groups in total. The molecule has 1 saturated heterocycles. The molecule has 1 heterocycles. The highest BCUT2D eigenvalue weighted by Crippen LogP contribution is 2.34. The minimum atomic E-state index is -0.471. The van der Waals surface area contributed by atoms with Gasteiger partial charge < -0.3 is 10.2 Å². The lowest BCUT2D eigenvalue weighted by Gasteiger charge is -2.18. The van der Waals surface area contributed by atoms with Crippen LogP contribution in [0.25, 0.3) is 0 Å². The van der Waals surface area contributed by atoms with Gasteiger partial charge in [-0.15, -0.1) is 0 Å². The average molecular weight is 437 g/mol. The van der Waals surface area contributed by atoms with Crippen LogP contribution in [0.1, 0.15) is 27.4 Å². The molecule has 2 atom stereocenters. The molecule has 3 aromatic rings. The van der Waals surface area contributed by atoms with E-state index in [9.17, 15) is 14.0 Å². The van der Waals surface area contributed by atoms with Gasteiger partial charge in [-0.05, 0) is 47.5 Å². The minimum Gasteiger partial charge on any atom is -0.352 e. The minimum absolute atomic E-state index is 0.149. The van der Waals surface area contributed by atoms with Gasteiger partial charge in [0.25, 0.3) is 5.91 Å². The van der Waals surface area contributed by atoms with Crippen molar-refractivity contribution >= 4 is 23.4 Å². The molecule has 3 aromatic carbocycles. The Labute approximate surface area is 185 Å². The number of benzene rings is 3. The van der Waals surface area contributed by atoms with E-state index in [0.717, 1.165) is 5.56 Å². The summed E-state index contributed by atoms with van der Waals surface area (Å²) in [4.78, 5) is 27.8. The zero-order valence-electron chi connectivity index (χ0n) is 16.8. The molecule has 0 spiro atoms. The maximum absolute atomic E-state index is 13.9. The van der Waals surface area contributed by atoms with Crippen molar-refractivity contribution in [2.24, 2.45) is 5.92 Å². The Balaban J connectivity index is 1.55. The molecule has 0 bridgehead atoms. The summed E-state index contributed by atoms with van der Waals surface area (Å²) in [6.07, 6.45) is 0. The van der Waals surface area contributed by atoms with Crippen LogP contribution in [0, 0.1) is 11.7 Å². The van der Waals surface area contributed by atoms with Gasteiger partial charge in [0.15, 0.2) is 0 Å². The van der Waals surface area contributed by atoms with Crippen molar-refractivity contribution in [2.45, 2.75) is 12.5 Å². The number of halogens is 2. The smallest absolute Gasteiger partial charge is 0.253 e. The third kappa shape index (κ3) is 4.94. The first kappa shape index (κ1) is 21.1. The van der Waals surface area contributed by atoms with E-state index in [2.05, 4.69) is 5.32 Å². The fourth-order valence-electron chi connectivity index (χ4n) is 4.00. The van der Waals surface area contributed by atoms with Crippen molar-refractivity contribution in [2.75, 3.05) is 13.1 Å². The summed E-state index contributed by atoms with van der Waals surface area (Å²) in [6.45, 7) is 1.01. The molecule has 6 heteroatoms. The predicted molar refractivity (Wildman–Crippen MR) is 118 cm³/mol. The maximum Gasteiger partial charge on any atom is 0.253 e. The Kier molecular flexibility index (Phi) is 6.33. The number of likely N-dealkylation sites (tertiary alicyclic amines) is 1. The zero-order valence-corrected chi connectivity index (χ0v) is 17.6. The number of carbonyl (C=O) groups excluding carboxylic acids is 2. The van der Waals surface area contributed by atoms with Gasteiger partial charge in [0, 0.05) is 36.1 Å². The second-order valence-electron chi connectivity index (χ2n) is 7.69. The summed E-state index contributed by atoms with van der Waals surface area (Å²) >= 11 is 5.93. The highest BCUT2D eigenvalue weighted by Gasteiger charge is 2.40. The van der Waals surface area contributed by atoms with Gasteiger partial charge in [-0.1, -0.05) is 54.1 Å². The van der Waals surface area contributed by atoms with Crippen LogP contribution in [-0.4, -0.2) is 29.8 Å². The number of carbonyl (C=O) groups is 2. The molecule has 2 amide bonds. The molecule has 0 aromatic heterocycles. The first-order valence-electron chi connectivity index (χ1n) is 10.1. The summed E-state index contributed by atoms with van der Waals surface area (Å²) in [5.74, 6) is -1.44. The first-order valence-corrected chi connectivity index (χ1v) is 10.5. The summed E-state index contributed by atoms with van der Waals surface area (Å²) < 4.78 is 13.9. The van der Waals surface area contributed by atoms with E-state index in [-0.39, 0.29) is 30.1 Å². The Hall–Kier alpha value is -3.18. The van der Waals surface area contributed by atoms with Gasteiger partial charge >= 0.3 is 0 Å². The highest BCUT2D eigenvalue weighted by molar-refractivity contribution is 6.30.